The summed E-state index contributed by atoms with van der Waals surface area (Å²) < 4.78 is 0. The van der Waals surface area contributed by atoms with E-state index in [0.29, 0.717) is 17.3 Å². The van der Waals surface area contributed by atoms with Gasteiger partial charge in [0.15, 0.2) is 0 Å². The molecule has 4 nitrogen and oxygen atoms in total. The van der Waals surface area contributed by atoms with E-state index in [0.717, 1.165) is 11.3 Å². The molecule has 0 fully saturated rings. The van der Waals surface area contributed by atoms with E-state index in [1.165, 1.54) is 12.1 Å². The lowest BCUT2D eigenvalue weighted by Gasteiger charge is -2.05. The Balaban J connectivity index is 2.62. The molecule has 0 spiro atoms. The van der Waals surface area contributed by atoms with Gasteiger partial charge >= 0.3 is 5.97 Å². The Morgan fingerprint density at radius 1 is 1.40 bits per heavy atom. The Morgan fingerprint density at radius 3 is 2.47 bits per heavy atom. The number of hydrogen-bond acceptors (Lipinski definition) is 3. The highest BCUT2D eigenvalue weighted by molar-refractivity contribution is 7.15. The summed E-state index contributed by atoms with van der Waals surface area (Å²) in [4.78, 5) is 22.7. The molecule has 1 amide bonds. The van der Waals surface area contributed by atoms with Crippen molar-refractivity contribution in [2.24, 2.45) is 5.92 Å². The van der Waals surface area contributed by atoms with Crippen molar-refractivity contribution in [3.8, 4) is 0 Å². The molecule has 0 aliphatic rings. The summed E-state index contributed by atoms with van der Waals surface area (Å²) in [5.41, 5.74) is 0. The number of carbonyl (C=O) groups is 2. The van der Waals surface area contributed by atoms with Gasteiger partial charge in [-0.2, -0.15) is 0 Å². The highest BCUT2D eigenvalue weighted by Gasteiger charge is 2.12. The van der Waals surface area contributed by atoms with Gasteiger partial charge < -0.3 is 10.4 Å². The lowest BCUT2D eigenvalue weighted by Crippen LogP contribution is -2.26. The standard InChI is InChI=1S/C10H13NO3S/c1-6(2)5-11-9(12)7-3-4-8(15-7)10(13)14/h3-4,6H,5H2,1-2H3,(H,11,12)(H,13,14). The molecule has 0 aromatic carbocycles. The molecule has 0 saturated heterocycles. The summed E-state index contributed by atoms with van der Waals surface area (Å²) in [5, 5.41) is 11.4. The first-order valence-electron chi connectivity index (χ1n) is 4.62. The van der Waals surface area contributed by atoms with Crippen LogP contribution in [-0.4, -0.2) is 23.5 Å². The van der Waals surface area contributed by atoms with Crippen LogP contribution in [0.5, 0.6) is 0 Å². The molecule has 2 N–H and O–H groups in total. The molecule has 1 rings (SSSR count). The molecule has 0 atom stereocenters. The van der Waals surface area contributed by atoms with Crippen molar-refractivity contribution in [1.82, 2.24) is 5.32 Å². The largest absolute Gasteiger partial charge is 0.477 e. The SMILES string of the molecule is CC(C)CNC(=O)c1ccc(C(=O)O)s1. The zero-order valence-corrected chi connectivity index (χ0v) is 9.43. The third-order valence-electron chi connectivity index (χ3n) is 1.71. The molecule has 0 unspecified atom stereocenters. The molecular weight excluding hydrogens is 214 g/mol. The van der Waals surface area contributed by atoms with E-state index in [4.69, 9.17) is 5.11 Å². The number of rotatable bonds is 4. The van der Waals surface area contributed by atoms with Gasteiger partial charge in [0.2, 0.25) is 0 Å². The maximum absolute atomic E-state index is 11.5. The summed E-state index contributed by atoms with van der Waals surface area (Å²) >= 11 is 0.989. The second kappa shape index (κ2) is 4.93. The van der Waals surface area contributed by atoms with Crippen molar-refractivity contribution in [2.75, 3.05) is 6.54 Å². The lowest BCUT2D eigenvalue weighted by atomic mass is 10.2. The first-order valence-corrected chi connectivity index (χ1v) is 5.43. The summed E-state index contributed by atoms with van der Waals surface area (Å²) in [7, 11) is 0. The highest BCUT2D eigenvalue weighted by atomic mass is 32.1. The molecule has 0 aliphatic heterocycles. The van der Waals surface area contributed by atoms with Crippen LogP contribution >= 0.6 is 11.3 Å². The number of hydrogen-bond donors (Lipinski definition) is 2. The van der Waals surface area contributed by atoms with E-state index in [9.17, 15) is 9.59 Å². The molecule has 82 valence electrons. The number of thiophene rings is 1. The topological polar surface area (TPSA) is 66.4 Å². The molecular formula is C10H13NO3S. The van der Waals surface area contributed by atoms with Crippen LogP contribution in [0, 0.1) is 5.92 Å². The molecule has 0 bridgehead atoms. The average molecular weight is 227 g/mol. The third kappa shape index (κ3) is 3.36. The quantitative estimate of drug-likeness (QED) is 0.824. The maximum atomic E-state index is 11.5. The normalized spacial score (nSPS) is 10.3. The fourth-order valence-corrected chi connectivity index (χ4v) is 1.72. The van der Waals surface area contributed by atoms with Crippen molar-refractivity contribution in [3.63, 3.8) is 0 Å². The number of carboxylic acids is 1. The minimum absolute atomic E-state index is 0.185. The van der Waals surface area contributed by atoms with E-state index < -0.39 is 5.97 Å². The molecule has 5 heteroatoms. The van der Waals surface area contributed by atoms with Crippen LogP contribution in [-0.2, 0) is 0 Å². The van der Waals surface area contributed by atoms with E-state index in [2.05, 4.69) is 5.32 Å². The summed E-state index contributed by atoms with van der Waals surface area (Å²) in [6, 6.07) is 2.97. The number of aromatic carboxylic acids is 1. The third-order valence-corrected chi connectivity index (χ3v) is 2.78. The van der Waals surface area contributed by atoms with Gasteiger partial charge in [-0.3, -0.25) is 4.79 Å². The van der Waals surface area contributed by atoms with Crippen molar-refractivity contribution in [3.05, 3.63) is 21.9 Å². The van der Waals surface area contributed by atoms with E-state index >= 15 is 0 Å². The Labute approximate surface area is 91.9 Å². The van der Waals surface area contributed by atoms with E-state index in [-0.39, 0.29) is 10.8 Å². The van der Waals surface area contributed by atoms with Crippen molar-refractivity contribution in [1.29, 1.82) is 0 Å². The lowest BCUT2D eigenvalue weighted by molar-refractivity contribution is 0.0702. The van der Waals surface area contributed by atoms with Gasteiger partial charge in [-0.25, -0.2) is 4.79 Å². The molecule has 0 radical (unpaired) electrons. The monoisotopic (exact) mass is 227 g/mol. The van der Waals surface area contributed by atoms with Crippen LogP contribution in [0.25, 0.3) is 0 Å². The molecule has 15 heavy (non-hydrogen) atoms. The van der Waals surface area contributed by atoms with E-state index in [1.807, 2.05) is 13.8 Å². The van der Waals surface area contributed by atoms with Gasteiger partial charge in [-0.1, -0.05) is 13.8 Å². The predicted octanol–water partition coefficient (Wildman–Crippen LogP) is 1.83. The fourth-order valence-electron chi connectivity index (χ4n) is 0.959. The second-order valence-electron chi connectivity index (χ2n) is 3.57. The Bertz CT molecular complexity index is 370. The second-order valence-corrected chi connectivity index (χ2v) is 4.66. The van der Waals surface area contributed by atoms with Crippen molar-refractivity contribution in [2.45, 2.75) is 13.8 Å². The number of carbonyl (C=O) groups excluding carboxylic acids is 1. The van der Waals surface area contributed by atoms with Gasteiger partial charge in [0.05, 0.1) is 4.88 Å². The Hall–Kier alpha value is -1.36. The van der Waals surface area contributed by atoms with Crippen LogP contribution in [0.3, 0.4) is 0 Å². The van der Waals surface area contributed by atoms with Gasteiger partial charge in [0, 0.05) is 6.54 Å². The first-order chi connectivity index (χ1) is 7.00. The molecule has 0 aliphatic carbocycles. The van der Waals surface area contributed by atoms with Crippen molar-refractivity contribution < 1.29 is 14.7 Å². The van der Waals surface area contributed by atoms with Crippen molar-refractivity contribution >= 4 is 23.2 Å². The summed E-state index contributed by atoms with van der Waals surface area (Å²) in [6.07, 6.45) is 0. The van der Waals surface area contributed by atoms with Gasteiger partial charge in [-0.15, -0.1) is 11.3 Å². The summed E-state index contributed by atoms with van der Waals surface area (Å²) in [6.45, 7) is 4.59. The number of amides is 1. The molecule has 1 heterocycles. The average Bonchev–Trinajstić information content (AvgIpc) is 2.62. The predicted molar refractivity (Wildman–Crippen MR) is 58.4 cm³/mol. The molecule has 1 aromatic heterocycles. The number of nitrogens with one attached hydrogen (secondary N) is 1. The minimum Gasteiger partial charge on any atom is -0.477 e. The van der Waals surface area contributed by atoms with Gasteiger partial charge in [0.25, 0.3) is 5.91 Å². The maximum Gasteiger partial charge on any atom is 0.345 e. The van der Waals surface area contributed by atoms with E-state index in [1.54, 1.807) is 0 Å². The van der Waals surface area contributed by atoms with Crippen LogP contribution in [0.2, 0.25) is 0 Å². The fraction of sp³-hybridized carbons (Fsp3) is 0.400. The first kappa shape index (κ1) is 11.7. The Kier molecular flexibility index (Phi) is 3.85. The van der Waals surface area contributed by atoms with Gasteiger partial charge in [0.1, 0.15) is 4.88 Å². The minimum atomic E-state index is -0.997. The highest BCUT2D eigenvalue weighted by Crippen LogP contribution is 2.16. The smallest absolute Gasteiger partial charge is 0.345 e. The number of carboxylic acid groups (broad SMARTS) is 1. The molecule has 1 aromatic rings. The van der Waals surface area contributed by atoms with Gasteiger partial charge in [-0.05, 0) is 18.1 Å². The Morgan fingerprint density at radius 2 is 2.00 bits per heavy atom. The van der Waals surface area contributed by atoms with Crippen LogP contribution < -0.4 is 5.32 Å². The zero-order valence-electron chi connectivity index (χ0n) is 8.61. The van der Waals surface area contributed by atoms with Crippen LogP contribution in [0.1, 0.15) is 33.2 Å². The summed E-state index contributed by atoms with van der Waals surface area (Å²) in [5.74, 6) is -0.822. The zero-order chi connectivity index (χ0) is 11.4. The van der Waals surface area contributed by atoms with Crippen LogP contribution in [0.15, 0.2) is 12.1 Å². The molecule has 0 saturated carbocycles. The van der Waals surface area contributed by atoms with Crippen LogP contribution in [0.4, 0.5) is 0 Å².